The minimum atomic E-state index is -0.724. The van der Waals surface area contributed by atoms with Gasteiger partial charge in [0.15, 0.2) is 17.4 Å². The molecule has 0 bridgehead atoms. The number of carbonyl (C=O) groups excluding carboxylic acids is 1. The van der Waals surface area contributed by atoms with Crippen LogP contribution in [-0.4, -0.2) is 71.4 Å². The summed E-state index contributed by atoms with van der Waals surface area (Å²) in [4.78, 5) is 26.1. The molecule has 0 spiro atoms. The van der Waals surface area contributed by atoms with Crippen LogP contribution in [0.1, 0.15) is 41.5 Å². The highest BCUT2D eigenvalue weighted by Crippen LogP contribution is 2.40. The van der Waals surface area contributed by atoms with Crippen molar-refractivity contribution >= 4 is 29.1 Å². The summed E-state index contributed by atoms with van der Waals surface area (Å²) in [5, 5.41) is 2.92. The Morgan fingerprint density at radius 2 is 1.74 bits per heavy atom. The van der Waals surface area contributed by atoms with Crippen molar-refractivity contribution in [3.05, 3.63) is 54.0 Å². The largest absolute Gasteiger partial charge is 0.484 e. The average Bonchev–Trinajstić information content (AvgIpc) is 2.93. The molecule has 3 aromatic rings. The van der Waals surface area contributed by atoms with E-state index in [0.717, 1.165) is 6.20 Å². The molecule has 5 rings (SSSR count). The van der Waals surface area contributed by atoms with E-state index in [1.807, 2.05) is 51.3 Å². The van der Waals surface area contributed by atoms with E-state index in [2.05, 4.69) is 15.3 Å². The van der Waals surface area contributed by atoms with Crippen molar-refractivity contribution in [1.82, 2.24) is 14.9 Å². The minimum Gasteiger partial charge on any atom is -0.484 e. The normalized spacial score (nSPS) is 17.1. The molecule has 3 heterocycles. The first kappa shape index (κ1) is 30.2. The van der Waals surface area contributed by atoms with Crippen LogP contribution in [0, 0.1) is 17.5 Å². The summed E-state index contributed by atoms with van der Waals surface area (Å²) in [6.07, 6.45) is 0.412. The van der Waals surface area contributed by atoms with Gasteiger partial charge in [0.25, 0.3) is 0 Å². The first-order chi connectivity index (χ1) is 20.3. The lowest BCUT2D eigenvalue weighted by Gasteiger charge is -2.38. The predicted octanol–water partition coefficient (Wildman–Crippen LogP) is 6.36. The third-order valence-electron chi connectivity index (χ3n) is 7.22. The van der Waals surface area contributed by atoms with Crippen LogP contribution in [0.2, 0.25) is 0 Å². The molecule has 43 heavy (non-hydrogen) atoms. The number of amides is 1. The van der Waals surface area contributed by atoms with E-state index in [9.17, 15) is 9.18 Å². The third-order valence-corrected chi connectivity index (χ3v) is 7.22. The molecule has 9 nitrogen and oxygen atoms in total. The number of piperazine rings is 1. The SMILES string of the molecule is CC1CN(C(C)C)c2cc(-c3nc(Nc4ccc(N5CCN(C(=O)OC(C)(C)C)CC5)c(F)c4)ncc3F)cc(F)c2O1. The minimum absolute atomic E-state index is 0.0261. The second kappa shape index (κ2) is 11.8. The maximum atomic E-state index is 15.2. The van der Waals surface area contributed by atoms with E-state index in [-0.39, 0.29) is 41.2 Å². The molecule has 1 atom stereocenters. The summed E-state index contributed by atoms with van der Waals surface area (Å²) in [7, 11) is 0. The van der Waals surface area contributed by atoms with Gasteiger partial charge in [0.1, 0.15) is 23.2 Å². The second-order valence-corrected chi connectivity index (χ2v) is 12.1. The Morgan fingerprint density at radius 1 is 1.02 bits per heavy atom. The zero-order valence-corrected chi connectivity index (χ0v) is 25.2. The van der Waals surface area contributed by atoms with Crippen molar-refractivity contribution in [2.24, 2.45) is 0 Å². The number of nitrogens with zero attached hydrogens (tertiary/aromatic N) is 5. The number of anilines is 4. The van der Waals surface area contributed by atoms with Crippen molar-refractivity contribution in [2.45, 2.75) is 59.3 Å². The van der Waals surface area contributed by atoms with Crippen LogP contribution in [-0.2, 0) is 4.74 Å². The van der Waals surface area contributed by atoms with Gasteiger partial charge in [-0.05, 0) is 71.9 Å². The number of carbonyl (C=O) groups is 1. The van der Waals surface area contributed by atoms with E-state index in [0.29, 0.717) is 49.8 Å². The molecule has 1 unspecified atom stereocenters. The van der Waals surface area contributed by atoms with Gasteiger partial charge in [0.2, 0.25) is 5.95 Å². The van der Waals surface area contributed by atoms with Gasteiger partial charge in [-0.3, -0.25) is 0 Å². The second-order valence-electron chi connectivity index (χ2n) is 12.1. The molecule has 1 aromatic heterocycles. The highest BCUT2D eigenvalue weighted by molar-refractivity contribution is 5.73. The Kier molecular flexibility index (Phi) is 8.31. The molecule has 1 fully saturated rings. The third kappa shape index (κ3) is 6.73. The molecule has 2 aromatic carbocycles. The van der Waals surface area contributed by atoms with Crippen LogP contribution in [0.5, 0.6) is 5.75 Å². The number of halogens is 3. The number of ether oxygens (including phenoxy) is 2. The van der Waals surface area contributed by atoms with Crippen LogP contribution in [0.15, 0.2) is 36.5 Å². The molecule has 230 valence electrons. The van der Waals surface area contributed by atoms with Crippen LogP contribution >= 0.6 is 0 Å². The molecular formula is C31H37F3N6O3. The van der Waals surface area contributed by atoms with Crippen LogP contribution in [0.4, 0.5) is 41.0 Å². The first-order valence-electron chi connectivity index (χ1n) is 14.4. The van der Waals surface area contributed by atoms with E-state index < -0.39 is 23.1 Å². The van der Waals surface area contributed by atoms with Gasteiger partial charge in [-0.1, -0.05) is 0 Å². The van der Waals surface area contributed by atoms with Gasteiger partial charge in [-0.25, -0.2) is 27.9 Å². The molecule has 0 aliphatic carbocycles. The summed E-state index contributed by atoms with van der Waals surface area (Å²) in [6.45, 7) is 13.6. The van der Waals surface area contributed by atoms with Crippen molar-refractivity contribution in [2.75, 3.05) is 47.8 Å². The number of rotatable bonds is 5. The summed E-state index contributed by atoms with van der Waals surface area (Å²) >= 11 is 0. The molecule has 2 aliphatic rings. The molecule has 1 N–H and O–H groups in total. The molecule has 12 heteroatoms. The maximum Gasteiger partial charge on any atom is 0.410 e. The Hall–Kier alpha value is -4.22. The van der Waals surface area contributed by atoms with Crippen LogP contribution < -0.4 is 19.9 Å². The van der Waals surface area contributed by atoms with Gasteiger partial charge >= 0.3 is 6.09 Å². The lowest BCUT2D eigenvalue weighted by Crippen LogP contribution is -2.50. The Balaban J connectivity index is 1.32. The van der Waals surface area contributed by atoms with E-state index in [1.165, 1.54) is 12.1 Å². The number of nitrogens with one attached hydrogen (secondary N) is 1. The van der Waals surface area contributed by atoms with E-state index >= 15 is 8.78 Å². The van der Waals surface area contributed by atoms with Gasteiger partial charge in [-0.2, -0.15) is 0 Å². The molecule has 0 radical (unpaired) electrons. The summed E-state index contributed by atoms with van der Waals surface area (Å²) in [5.41, 5.74) is 0.830. The van der Waals surface area contributed by atoms with Crippen molar-refractivity contribution in [3.8, 4) is 17.0 Å². The van der Waals surface area contributed by atoms with E-state index in [1.54, 1.807) is 23.1 Å². The Labute approximate surface area is 249 Å². The Bertz CT molecular complexity index is 1500. The number of benzene rings is 2. The molecular weight excluding hydrogens is 561 g/mol. The van der Waals surface area contributed by atoms with Crippen LogP contribution in [0.25, 0.3) is 11.3 Å². The van der Waals surface area contributed by atoms with Crippen molar-refractivity contribution in [3.63, 3.8) is 0 Å². The fourth-order valence-corrected chi connectivity index (χ4v) is 5.20. The maximum absolute atomic E-state index is 15.2. The number of hydrogen-bond donors (Lipinski definition) is 1. The zero-order valence-electron chi connectivity index (χ0n) is 25.2. The van der Waals surface area contributed by atoms with E-state index in [4.69, 9.17) is 9.47 Å². The average molecular weight is 599 g/mol. The zero-order chi connectivity index (χ0) is 31.1. The lowest BCUT2D eigenvalue weighted by atomic mass is 10.1. The van der Waals surface area contributed by atoms with Crippen molar-refractivity contribution in [1.29, 1.82) is 0 Å². The number of aromatic nitrogens is 2. The molecule has 0 saturated carbocycles. The van der Waals surface area contributed by atoms with Crippen LogP contribution in [0.3, 0.4) is 0 Å². The van der Waals surface area contributed by atoms with Gasteiger partial charge in [0.05, 0.1) is 24.1 Å². The number of fused-ring (bicyclic) bond motifs is 1. The summed E-state index contributed by atoms with van der Waals surface area (Å²) < 4.78 is 56.5. The summed E-state index contributed by atoms with van der Waals surface area (Å²) in [6, 6.07) is 7.53. The molecule has 1 amide bonds. The highest BCUT2D eigenvalue weighted by atomic mass is 19.1. The standard InChI is InChI=1S/C31H37F3N6O3/c1-18(2)40-17-19(3)42-28-23(33)13-20(14-26(28)40)27-24(34)16-35-29(37-27)36-21-7-8-25(22(32)15-21)38-9-11-39(12-10-38)30(41)43-31(4,5)6/h7-8,13-16,18-19H,9-12,17H2,1-6H3,(H,35,36,37). The lowest BCUT2D eigenvalue weighted by molar-refractivity contribution is 0.0240. The fourth-order valence-electron chi connectivity index (χ4n) is 5.20. The smallest absolute Gasteiger partial charge is 0.410 e. The van der Waals surface area contributed by atoms with Crippen molar-refractivity contribution < 1.29 is 27.4 Å². The predicted molar refractivity (Wildman–Crippen MR) is 160 cm³/mol. The van der Waals surface area contributed by atoms with Gasteiger partial charge < -0.3 is 29.5 Å². The topological polar surface area (TPSA) is 83.1 Å². The fraction of sp³-hybridized carbons (Fsp3) is 0.452. The quantitative estimate of drug-likeness (QED) is 0.364. The highest BCUT2D eigenvalue weighted by Gasteiger charge is 2.30. The summed E-state index contributed by atoms with van der Waals surface area (Å²) in [5.74, 6) is -1.65. The number of hydrogen-bond acceptors (Lipinski definition) is 8. The monoisotopic (exact) mass is 598 g/mol. The molecule has 2 aliphatic heterocycles. The molecule has 1 saturated heterocycles. The van der Waals surface area contributed by atoms with Gasteiger partial charge in [-0.15, -0.1) is 0 Å². The first-order valence-corrected chi connectivity index (χ1v) is 14.4. The van der Waals surface area contributed by atoms with Gasteiger partial charge in [0, 0.05) is 43.5 Å². The Morgan fingerprint density at radius 3 is 2.40 bits per heavy atom.